The summed E-state index contributed by atoms with van der Waals surface area (Å²) in [6.07, 6.45) is -0.190. The lowest BCUT2D eigenvalue weighted by Crippen LogP contribution is -2.44. The highest BCUT2D eigenvalue weighted by Gasteiger charge is 2.37. The molecule has 0 spiro atoms. The molecule has 0 unspecified atom stereocenters. The lowest BCUT2D eigenvalue weighted by atomic mass is 10.1. The van der Waals surface area contributed by atoms with Crippen LogP contribution in [0.2, 0.25) is 0 Å². The van der Waals surface area contributed by atoms with Crippen molar-refractivity contribution in [3.05, 3.63) is 17.0 Å². The van der Waals surface area contributed by atoms with Gasteiger partial charge >= 0.3 is 0 Å². The van der Waals surface area contributed by atoms with Crippen molar-refractivity contribution in [2.24, 2.45) is 0 Å². The predicted molar refractivity (Wildman–Crippen MR) is 77.7 cm³/mol. The van der Waals surface area contributed by atoms with E-state index in [1.807, 2.05) is 20.8 Å². The van der Waals surface area contributed by atoms with Gasteiger partial charge in [-0.05, 0) is 25.8 Å². The number of amides is 1. The second-order valence-corrected chi connectivity index (χ2v) is 7.63. The lowest BCUT2D eigenvalue weighted by molar-refractivity contribution is -0.123. The molecule has 2 rings (SSSR count). The highest BCUT2D eigenvalue weighted by Crippen LogP contribution is 2.14. The van der Waals surface area contributed by atoms with Gasteiger partial charge in [-0.3, -0.25) is 9.48 Å². The number of rotatable bonds is 4. The summed E-state index contributed by atoms with van der Waals surface area (Å²) in [5.74, 6) is -0.848. The summed E-state index contributed by atoms with van der Waals surface area (Å²) in [7, 11) is -3.27. The van der Waals surface area contributed by atoms with Crippen LogP contribution in [0.3, 0.4) is 0 Å². The van der Waals surface area contributed by atoms with Gasteiger partial charge in [-0.1, -0.05) is 6.92 Å². The van der Waals surface area contributed by atoms with E-state index < -0.39 is 22.0 Å². The first kappa shape index (κ1) is 16.0. The molecule has 2 heterocycles. The van der Waals surface area contributed by atoms with Crippen molar-refractivity contribution in [1.82, 2.24) is 15.1 Å². The minimum absolute atomic E-state index is 0.0238. The molecular weight excluding hydrogens is 294 g/mol. The van der Waals surface area contributed by atoms with Gasteiger partial charge < -0.3 is 10.4 Å². The Labute approximate surface area is 124 Å². The number of nitrogens with zero attached hydrogens (tertiary/aromatic N) is 2. The van der Waals surface area contributed by atoms with E-state index in [9.17, 15) is 18.3 Å². The van der Waals surface area contributed by atoms with Gasteiger partial charge in [0.25, 0.3) is 0 Å². The fourth-order valence-corrected chi connectivity index (χ4v) is 4.50. The SMILES string of the molecule is CCc1c(C)nn(CC(=O)N[C@@H]2CS(=O)(=O)C[C@H]2O)c1C. The van der Waals surface area contributed by atoms with Crippen LogP contribution < -0.4 is 5.32 Å². The van der Waals surface area contributed by atoms with Crippen LogP contribution in [-0.4, -0.2) is 52.9 Å². The molecule has 0 saturated carbocycles. The Morgan fingerprint density at radius 2 is 2.10 bits per heavy atom. The summed E-state index contributed by atoms with van der Waals surface area (Å²) < 4.78 is 24.4. The Morgan fingerprint density at radius 3 is 2.57 bits per heavy atom. The van der Waals surface area contributed by atoms with E-state index >= 15 is 0 Å². The minimum Gasteiger partial charge on any atom is -0.390 e. The number of aryl methyl sites for hydroxylation is 1. The van der Waals surface area contributed by atoms with E-state index in [0.717, 1.165) is 23.4 Å². The van der Waals surface area contributed by atoms with Crippen molar-refractivity contribution >= 4 is 15.7 Å². The fraction of sp³-hybridized carbons (Fsp3) is 0.692. The number of carbonyl (C=O) groups is 1. The standard InChI is InChI=1S/C13H21N3O4S/c1-4-10-8(2)15-16(9(10)3)5-13(18)14-11-6-21(19,20)7-12(11)17/h11-12,17H,4-7H2,1-3H3,(H,14,18)/t11-,12-/m1/s1. The van der Waals surface area contributed by atoms with Crippen molar-refractivity contribution in [3.8, 4) is 0 Å². The van der Waals surface area contributed by atoms with Gasteiger partial charge in [-0.25, -0.2) is 8.42 Å². The molecular formula is C13H21N3O4S. The highest BCUT2D eigenvalue weighted by atomic mass is 32.2. The molecule has 0 radical (unpaired) electrons. The average Bonchev–Trinajstić information content (AvgIpc) is 2.76. The summed E-state index contributed by atoms with van der Waals surface area (Å²) in [5, 5.41) is 16.6. The first-order chi connectivity index (χ1) is 9.73. The number of aliphatic hydroxyl groups excluding tert-OH is 1. The molecule has 1 aromatic rings. The molecule has 21 heavy (non-hydrogen) atoms. The van der Waals surface area contributed by atoms with E-state index in [1.165, 1.54) is 0 Å². The number of aromatic nitrogens is 2. The lowest BCUT2D eigenvalue weighted by Gasteiger charge is -2.15. The zero-order valence-corrected chi connectivity index (χ0v) is 13.3. The molecule has 1 aliphatic rings. The third-order valence-electron chi connectivity index (χ3n) is 3.85. The summed E-state index contributed by atoms with van der Waals surface area (Å²) in [6.45, 7) is 5.85. The van der Waals surface area contributed by atoms with Crippen LogP contribution in [0.4, 0.5) is 0 Å². The molecule has 0 aliphatic carbocycles. The van der Waals surface area contributed by atoms with Crippen LogP contribution in [0, 0.1) is 13.8 Å². The van der Waals surface area contributed by atoms with Gasteiger partial charge in [0.1, 0.15) is 6.54 Å². The van der Waals surface area contributed by atoms with Crippen LogP contribution in [-0.2, 0) is 27.6 Å². The Morgan fingerprint density at radius 1 is 1.43 bits per heavy atom. The third kappa shape index (κ3) is 3.44. The number of hydrogen-bond donors (Lipinski definition) is 2. The fourth-order valence-electron chi connectivity index (χ4n) is 2.75. The van der Waals surface area contributed by atoms with E-state index in [-0.39, 0.29) is 24.0 Å². The van der Waals surface area contributed by atoms with E-state index in [0.29, 0.717) is 0 Å². The zero-order valence-electron chi connectivity index (χ0n) is 12.5. The summed E-state index contributed by atoms with van der Waals surface area (Å²) >= 11 is 0. The van der Waals surface area contributed by atoms with E-state index in [4.69, 9.17) is 0 Å². The average molecular weight is 315 g/mol. The van der Waals surface area contributed by atoms with Gasteiger partial charge in [-0.15, -0.1) is 0 Å². The molecule has 1 amide bonds. The highest BCUT2D eigenvalue weighted by molar-refractivity contribution is 7.91. The molecule has 2 atom stereocenters. The summed E-state index contributed by atoms with van der Waals surface area (Å²) in [5.41, 5.74) is 2.95. The molecule has 0 bridgehead atoms. The normalized spacial score (nSPS) is 24.2. The Kier molecular flexibility index (Phi) is 4.38. The van der Waals surface area contributed by atoms with Gasteiger partial charge in [-0.2, -0.15) is 5.10 Å². The number of nitrogens with one attached hydrogen (secondary N) is 1. The summed E-state index contributed by atoms with van der Waals surface area (Å²) in [4.78, 5) is 12.0. The molecule has 118 valence electrons. The van der Waals surface area contributed by atoms with Gasteiger partial charge in [0.2, 0.25) is 5.91 Å². The van der Waals surface area contributed by atoms with E-state index in [1.54, 1.807) is 4.68 Å². The van der Waals surface area contributed by atoms with Crippen LogP contribution in [0.25, 0.3) is 0 Å². The maximum Gasteiger partial charge on any atom is 0.242 e. The second-order valence-electron chi connectivity index (χ2n) is 5.48. The van der Waals surface area contributed by atoms with Crippen molar-refractivity contribution in [2.75, 3.05) is 11.5 Å². The summed E-state index contributed by atoms with van der Waals surface area (Å²) in [6, 6.07) is -0.731. The second kappa shape index (κ2) is 5.76. The molecule has 1 saturated heterocycles. The van der Waals surface area contributed by atoms with Crippen molar-refractivity contribution in [1.29, 1.82) is 0 Å². The van der Waals surface area contributed by atoms with Gasteiger partial charge in [0, 0.05) is 5.69 Å². The minimum atomic E-state index is -3.27. The third-order valence-corrected chi connectivity index (χ3v) is 5.56. The maximum absolute atomic E-state index is 12.0. The number of aliphatic hydroxyl groups is 1. The molecule has 8 heteroatoms. The van der Waals surface area contributed by atoms with Crippen LogP contribution >= 0.6 is 0 Å². The van der Waals surface area contributed by atoms with E-state index in [2.05, 4.69) is 10.4 Å². The monoisotopic (exact) mass is 315 g/mol. The molecule has 1 aliphatic heterocycles. The first-order valence-corrected chi connectivity index (χ1v) is 8.76. The van der Waals surface area contributed by atoms with Crippen LogP contribution in [0.5, 0.6) is 0 Å². The number of hydrogen-bond acceptors (Lipinski definition) is 5. The topological polar surface area (TPSA) is 101 Å². The largest absolute Gasteiger partial charge is 0.390 e. The Hall–Kier alpha value is -1.41. The van der Waals surface area contributed by atoms with Gasteiger partial charge in [0.05, 0.1) is 29.3 Å². The van der Waals surface area contributed by atoms with Crippen molar-refractivity contribution in [2.45, 2.75) is 45.9 Å². The van der Waals surface area contributed by atoms with Crippen LogP contribution in [0.15, 0.2) is 0 Å². The molecule has 1 aromatic heterocycles. The van der Waals surface area contributed by atoms with Gasteiger partial charge in [0.15, 0.2) is 9.84 Å². The molecule has 7 nitrogen and oxygen atoms in total. The van der Waals surface area contributed by atoms with Crippen molar-refractivity contribution < 1.29 is 18.3 Å². The maximum atomic E-state index is 12.0. The molecule has 1 fully saturated rings. The molecule has 0 aromatic carbocycles. The smallest absolute Gasteiger partial charge is 0.242 e. The zero-order chi connectivity index (χ0) is 15.8. The van der Waals surface area contributed by atoms with Crippen molar-refractivity contribution in [3.63, 3.8) is 0 Å². The number of carbonyl (C=O) groups excluding carboxylic acids is 1. The van der Waals surface area contributed by atoms with Crippen LogP contribution in [0.1, 0.15) is 23.9 Å². The Balaban J connectivity index is 2.03. The predicted octanol–water partition coefficient (Wildman–Crippen LogP) is -0.664. The quantitative estimate of drug-likeness (QED) is 0.768. The molecule has 2 N–H and O–H groups in total. The number of sulfone groups is 1. The Bertz CT molecular complexity index is 651. The first-order valence-electron chi connectivity index (χ1n) is 6.94.